The van der Waals surface area contributed by atoms with Crippen LogP contribution < -0.4 is 15.0 Å². The van der Waals surface area contributed by atoms with Crippen molar-refractivity contribution in [1.82, 2.24) is 4.98 Å². The number of hydrogen-bond acceptors (Lipinski definition) is 5. The summed E-state index contributed by atoms with van der Waals surface area (Å²) < 4.78 is 10.3. The average molecular weight is 391 g/mol. The molecule has 0 saturated heterocycles. The van der Waals surface area contributed by atoms with Gasteiger partial charge in [-0.2, -0.15) is 0 Å². The van der Waals surface area contributed by atoms with E-state index in [1.807, 2.05) is 30.3 Å². The van der Waals surface area contributed by atoms with Gasteiger partial charge >= 0.3 is 6.09 Å². The van der Waals surface area contributed by atoms with Crippen molar-refractivity contribution in [2.75, 3.05) is 24.4 Å². The van der Waals surface area contributed by atoms with Crippen LogP contribution in [0.3, 0.4) is 0 Å². The quantitative estimate of drug-likeness (QED) is 0.684. The van der Waals surface area contributed by atoms with Gasteiger partial charge in [0.1, 0.15) is 6.61 Å². The van der Waals surface area contributed by atoms with Gasteiger partial charge in [0.15, 0.2) is 0 Å². The Kier molecular flexibility index (Phi) is 6.42. The Morgan fingerprint density at radius 1 is 1.03 bits per heavy atom. The molecule has 0 unspecified atom stereocenters. The Morgan fingerprint density at radius 2 is 1.76 bits per heavy atom. The van der Waals surface area contributed by atoms with Crippen LogP contribution in [0.25, 0.3) is 0 Å². The molecule has 0 aliphatic carbocycles. The number of carbonyl (C=O) groups is 2. The molecule has 2 aromatic carbocycles. The molecule has 0 fully saturated rings. The molecule has 0 atom stereocenters. The van der Waals surface area contributed by atoms with E-state index in [1.54, 1.807) is 43.4 Å². The van der Waals surface area contributed by atoms with Crippen molar-refractivity contribution in [2.45, 2.75) is 6.61 Å². The molecule has 0 spiro atoms. The van der Waals surface area contributed by atoms with Crippen molar-refractivity contribution in [3.8, 4) is 5.88 Å². The number of nitrogens with one attached hydrogen (secondary N) is 1. The van der Waals surface area contributed by atoms with Crippen LogP contribution in [0.5, 0.6) is 5.88 Å². The molecule has 0 bridgehead atoms. The van der Waals surface area contributed by atoms with E-state index in [1.165, 1.54) is 18.2 Å². The SMILES string of the molecule is COC(=O)N(C)c1ccc(NC(=O)c2ccnc(OCc3ccccc3)c2)cc1. The number of amides is 2. The van der Waals surface area contributed by atoms with E-state index >= 15 is 0 Å². The number of nitrogens with zero attached hydrogens (tertiary/aromatic N) is 2. The lowest BCUT2D eigenvalue weighted by Crippen LogP contribution is -2.25. The monoisotopic (exact) mass is 391 g/mol. The van der Waals surface area contributed by atoms with Gasteiger partial charge in [-0.15, -0.1) is 0 Å². The number of hydrogen-bond donors (Lipinski definition) is 1. The molecular weight excluding hydrogens is 370 g/mol. The Labute approximate surface area is 168 Å². The maximum Gasteiger partial charge on any atom is 0.413 e. The van der Waals surface area contributed by atoms with Crippen molar-refractivity contribution in [2.24, 2.45) is 0 Å². The molecule has 0 aliphatic heterocycles. The summed E-state index contributed by atoms with van der Waals surface area (Å²) in [6.07, 6.45) is 1.06. The molecule has 7 nitrogen and oxygen atoms in total. The minimum absolute atomic E-state index is 0.286. The highest BCUT2D eigenvalue weighted by Crippen LogP contribution is 2.19. The first-order valence-corrected chi connectivity index (χ1v) is 8.92. The molecule has 3 aromatic rings. The third-order valence-electron chi connectivity index (χ3n) is 4.19. The Balaban J connectivity index is 1.62. The zero-order valence-electron chi connectivity index (χ0n) is 16.2. The lowest BCUT2D eigenvalue weighted by molar-refractivity contribution is 0.102. The fraction of sp³-hybridized carbons (Fsp3) is 0.136. The summed E-state index contributed by atoms with van der Waals surface area (Å²) in [5.74, 6) is 0.0857. The summed E-state index contributed by atoms with van der Waals surface area (Å²) in [4.78, 5) is 29.6. The van der Waals surface area contributed by atoms with E-state index < -0.39 is 6.09 Å². The van der Waals surface area contributed by atoms with Crippen molar-refractivity contribution in [3.63, 3.8) is 0 Å². The number of pyridine rings is 1. The van der Waals surface area contributed by atoms with E-state index in [9.17, 15) is 9.59 Å². The van der Waals surface area contributed by atoms with Gasteiger partial charge in [0.25, 0.3) is 5.91 Å². The molecule has 148 valence electrons. The zero-order chi connectivity index (χ0) is 20.6. The first kappa shape index (κ1) is 19.9. The van der Waals surface area contributed by atoms with Crippen LogP contribution in [-0.2, 0) is 11.3 Å². The molecule has 1 N–H and O–H groups in total. The standard InChI is InChI=1S/C22H21N3O4/c1-25(22(27)28-2)19-10-8-18(9-11-19)24-21(26)17-12-13-23-20(14-17)29-15-16-6-4-3-5-7-16/h3-14H,15H2,1-2H3,(H,24,26). The first-order valence-electron chi connectivity index (χ1n) is 8.92. The molecule has 3 rings (SSSR count). The predicted octanol–water partition coefficient (Wildman–Crippen LogP) is 4.12. The molecule has 7 heteroatoms. The lowest BCUT2D eigenvalue weighted by Gasteiger charge is -2.16. The second-order valence-electron chi connectivity index (χ2n) is 6.19. The molecule has 2 amide bonds. The van der Waals surface area contributed by atoms with Crippen molar-refractivity contribution < 1.29 is 19.1 Å². The van der Waals surface area contributed by atoms with Crippen LogP contribution in [0, 0.1) is 0 Å². The molecule has 1 heterocycles. The van der Waals surface area contributed by atoms with Crippen LogP contribution in [0.15, 0.2) is 72.9 Å². The van der Waals surface area contributed by atoms with Crippen molar-refractivity contribution >= 4 is 23.4 Å². The van der Waals surface area contributed by atoms with E-state index in [4.69, 9.17) is 4.74 Å². The summed E-state index contributed by atoms with van der Waals surface area (Å²) in [6.45, 7) is 0.369. The van der Waals surface area contributed by atoms with Crippen LogP contribution in [0.1, 0.15) is 15.9 Å². The van der Waals surface area contributed by atoms with E-state index in [0.717, 1.165) is 5.56 Å². The molecule has 29 heavy (non-hydrogen) atoms. The summed E-state index contributed by atoms with van der Waals surface area (Å²) in [5, 5.41) is 2.81. The maximum atomic E-state index is 12.5. The highest BCUT2D eigenvalue weighted by molar-refractivity contribution is 6.04. The van der Waals surface area contributed by atoms with Gasteiger partial charge in [0.2, 0.25) is 5.88 Å². The van der Waals surface area contributed by atoms with E-state index in [0.29, 0.717) is 29.4 Å². The number of aromatic nitrogens is 1. The number of ether oxygens (including phenoxy) is 2. The highest BCUT2D eigenvalue weighted by Gasteiger charge is 2.12. The largest absolute Gasteiger partial charge is 0.473 e. The minimum atomic E-state index is -0.471. The summed E-state index contributed by atoms with van der Waals surface area (Å²) >= 11 is 0. The number of rotatable bonds is 6. The zero-order valence-corrected chi connectivity index (χ0v) is 16.2. The Hall–Kier alpha value is -3.87. The van der Waals surface area contributed by atoms with E-state index in [-0.39, 0.29) is 5.91 Å². The molecule has 1 aromatic heterocycles. The Morgan fingerprint density at radius 3 is 2.45 bits per heavy atom. The van der Waals surface area contributed by atoms with Gasteiger partial charge in [-0.3, -0.25) is 9.69 Å². The average Bonchev–Trinajstić information content (AvgIpc) is 2.78. The number of carbonyl (C=O) groups excluding carboxylic acids is 2. The molecular formula is C22H21N3O4. The lowest BCUT2D eigenvalue weighted by atomic mass is 10.2. The predicted molar refractivity (Wildman–Crippen MR) is 110 cm³/mol. The summed E-state index contributed by atoms with van der Waals surface area (Å²) in [5.41, 5.74) is 2.69. The number of methoxy groups -OCH3 is 1. The summed E-state index contributed by atoms with van der Waals surface area (Å²) in [7, 11) is 2.92. The van der Waals surface area contributed by atoms with Crippen molar-refractivity contribution in [1.29, 1.82) is 0 Å². The normalized spacial score (nSPS) is 10.1. The van der Waals surface area contributed by atoms with Crippen LogP contribution in [0.2, 0.25) is 0 Å². The second kappa shape index (κ2) is 9.36. The number of anilines is 2. The Bertz CT molecular complexity index is 975. The van der Waals surface area contributed by atoms with Gasteiger partial charge in [0, 0.05) is 36.2 Å². The smallest absolute Gasteiger partial charge is 0.413 e. The van der Waals surface area contributed by atoms with Crippen LogP contribution >= 0.6 is 0 Å². The van der Waals surface area contributed by atoms with Gasteiger partial charge in [-0.1, -0.05) is 30.3 Å². The fourth-order valence-electron chi connectivity index (χ4n) is 2.58. The molecule has 0 aliphatic rings. The van der Waals surface area contributed by atoms with Gasteiger partial charge in [0.05, 0.1) is 7.11 Å². The third kappa shape index (κ3) is 5.32. The maximum absolute atomic E-state index is 12.5. The number of benzene rings is 2. The van der Waals surface area contributed by atoms with Gasteiger partial charge in [-0.25, -0.2) is 9.78 Å². The molecule has 0 radical (unpaired) electrons. The summed E-state index contributed by atoms with van der Waals surface area (Å²) in [6, 6.07) is 19.8. The second-order valence-corrected chi connectivity index (χ2v) is 6.19. The fourth-order valence-corrected chi connectivity index (χ4v) is 2.58. The van der Waals surface area contributed by atoms with Crippen molar-refractivity contribution in [3.05, 3.63) is 84.1 Å². The third-order valence-corrected chi connectivity index (χ3v) is 4.19. The molecule has 0 saturated carbocycles. The van der Waals surface area contributed by atoms with Gasteiger partial charge < -0.3 is 14.8 Å². The topological polar surface area (TPSA) is 80.8 Å². The highest BCUT2D eigenvalue weighted by atomic mass is 16.5. The van der Waals surface area contributed by atoms with E-state index in [2.05, 4.69) is 15.0 Å². The first-order chi connectivity index (χ1) is 14.1. The van der Waals surface area contributed by atoms with Crippen LogP contribution in [-0.4, -0.2) is 31.1 Å². The van der Waals surface area contributed by atoms with Gasteiger partial charge in [-0.05, 0) is 35.9 Å². The van der Waals surface area contributed by atoms with Crippen LogP contribution in [0.4, 0.5) is 16.2 Å². The minimum Gasteiger partial charge on any atom is -0.473 e.